The number of benzene rings is 1. The lowest BCUT2D eigenvalue weighted by atomic mass is 10.3. The van der Waals surface area contributed by atoms with Crippen molar-refractivity contribution < 1.29 is 4.39 Å². The fraction of sp³-hybridized carbons (Fsp3) is 0.0714. The number of fused-ring (bicyclic) bond motifs is 1. The van der Waals surface area contributed by atoms with E-state index in [-0.39, 0.29) is 5.82 Å². The van der Waals surface area contributed by atoms with Crippen molar-refractivity contribution in [3.8, 4) is 18.0 Å². The van der Waals surface area contributed by atoms with Crippen LogP contribution in [0.2, 0.25) is 0 Å². The molecule has 0 radical (unpaired) electrons. The summed E-state index contributed by atoms with van der Waals surface area (Å²) in [6.07, 6.45) is 8.43. The minimum atomic E-state index is -0.287. The number of nitrogens with zero attached hydrogens (tertiary/aromatic N) is 4. The average Bonchev–Trinajstić information content (AvgIpc) is 2.90. The lowest BCUT2D eigenvalue weighted by Crippen LogP contribution is -1.98. The molecule has 0 saturated carbocycles. The molecule has 2 aromatic heterocycles. The van der Waals surface area contributed by atoms with Crippen molar-refractivity contribution in [1.29, 1.82) is 0 Å². The first-order valence-electron chi connectivity index (χ1n) is 5.80. The molecule has 0 aliphatic rings. The van der Waals surface area contributed by atoms with Crippen LogP contribution < -0.4 is 0 Å². The first-order valence-corrected chi connectivity index (χ1v) is 6.79. The number of thioether (sulfide) groups is 1. The normalized spacial score (nSPS) is 10.6. The third kappa shape index (κ3) is 2.24. The summed E-state index contributed by atoms with van der Waals surface area (Å²) in [5.74, 6) is 2.81. The molecule has 0 spiro atoms. The maximum absolute atomic E-state index is 13.0. The van der Waals surface area contributed by atoms with E-state index in [1.54, 1.807) is 23.0 Å². The molecule has 4 nitrogen and oxygen atoms in total. The fourth-order valence-electron chi connectivity index (χ4n) is 1.82. The van der Waals surface area contributed by atoms with E-state index < -0.39 is 0 Å². The maximum atomic E-state index is 13.0. The van der Waals surface area contributed by atoms with Gasteiger partial charge in [0.25, 0.3) is 0 Å². The van der Waals surface area contributed by atoms with Crippen molar-refractivity contribution in [2.45, 2.75) is 5.03 Å². The summed E-state index contributed by atoms with van der Waals surface area (Å²) in [7, 11) is 0. The molecule has 1 aromatic carbocycles. The Labute approximate surface area is 119 Å². The van der Waals surface area contributed by atoms with Crippen LogP contribution in [0.5, 0.6) is 0 Å². The zero-order valence-corrected chi connectivity index (χ0v) is 11.1. The molecule has 3 aromatic rings. The van der Waals surface area contributed by atoms with E-state index in [9.17, 15) is 4.39 Å². The highest BCUT2D eigenvalue weighted by Gasteiger charge is 2.11. The van der Waals surface area contributed by atoms with Gasteiger partial charge in [0.05, 0.1) is 23.0 Å². The van der Waals surface area contributed by atoms with E-state index >= 15 is 0 Å². The monoisotopic (exact) mass is 284 g/mol. The third-order valence-corrected chi connectivity index (χ3v) is 3.60. The molecule has 0 aliphatic carbocycles. The van der Waals surface area contributed by atoms with Gasteiger partial charge >= 0.3 is 0 Å². The number of hydrogen-bond donors (Lipinski definition) is 0. The van der Waals surface area contributed by atoms with Gasteiger partial charge < -0.3 is 0 Å². The van der Waals surface area contributed by atoms with Crippen molar-refractivity contribution in [2.24, 2.45) is 0 Å². The molecular formula is C14H9FN4S. The Hall–Kier alpha value is -2.39. The lowest BCUT2D eigenvalue weighted by Gasteiger charge is -2.03. The molecule has 0 N–H and O–H groups in total. The molecule has 6 heteroatoms. The molecule has 20 heavy (non-hydrogen) atoms. The predicted molar refractivity (Wildman–Crippen MR) is 76.2 cm³/mol. The second-order valence-electron chi connectivity index (χ2n) is 3.94. The highest BCUT2D eigenvalue weighted by Crippen LogP contribution is 2.25. The van der Waals surface area contributed by atoms with Crippen LogP contribution in [0, 0.1) is 18.2 Å². The van der Waals surface area contributed by atoms with Crippen LogP contribution in [-0.2, 0) is 0 Å². The van der Waals surface area contributed by atoms with Gasteiger partial charge in [0.15, 0.2) is 5.65 Å². The van der Waals surface area contributed by atoms with E-state index in [1.165, 1.54) is 30.2 Å². The number of aromatic nitrogens is 4. The van der Waals surface area contributed by atoms with Crippen LogP contribution in [0.15, 0.2) is 41.8 Å². The number of terminal acetylenes is 1. The smallest absolute Gasteiger partial charge is 0.167 e. The molecule has 0 unspecified atom stereocenters. The van der Waals surface area contributed by atoms with Gasteiger partial charge in [0, 0.05) is 0 Å². The quantitative estimate of drug-likeness (QED) is 0.421. The molecular weight excluding hydrogens is 275 g/mol. The van der Waals surface area contributed by atoms with Crippen LogP contribution in [0.25, 0.3) is 16.7 Å². The van der Waals surface area contributed by atoms with Crippen molar-refractivity contribution in [1.82, 2.24) is 19.7 Å². The molecule has 98 valence electrons. The molecule has 0 aliphatic heterocycles. The van der Waals surface area contributed by atoms with E-state index in [4.69, 9.17) is 6.42 Å². The van der Waals surface area contributed by atoms with E-state index in [1.807, 2.05) is 0 Å². The Balaban J connectivity index is 2.10. The van der Waals surface area contributed by atoms with Crippen LogP contribution in [0.4, 0.5) is 4.39 Å². The molecule has 0 fully saturated rings. The molecule has 2 heterocycles. The van der Waals surface area contributed by atoms with Crippen molar-refractivity contribution in [2.75, 3.05) is 5.75 Å². The summed E-state index contributed by atoms with van der Waals surface area (Å²) in [5, 5.41) is 5.91. The summed E-state index contributed by atoms with van der Waals surface area (Å²) in [6.45, 7) is 0. The minimum absolute atomic E-state index is 0.287. The summed E-state index contributed by atoms with van der Waals surface area (Å²) < 4.78 is 14.6. The molecule has 0 bridgehead atoms. The highest BCUT2D eigenvalue weighted by molar-refractivity contribution is 7.99. The second-order valence-corrected chi connectivity index (χ2v) is 4.91. The van der Waals surface area contributed by atoms with Crippen molar-refractivity contribution in [3.63, 3.8) is 0 Å². The second kappa shape index (κ2) is 5.31. The van der Waals surface area contributed by atoms with Gasteiger partial charge in [-0.2, -0.15) is 5.10 Å². The van der Waals surface area contributed by atoms with Gasteiger partial charge in [-0.15, -0.1) is 6.42 Å². The maximum Gasteiger partial charge on any atom is 0.167 e. The van der Waals surface area contributed by atoms with E-state index in [0.717, 1.165) is 16.1 Å². The SMILES string of the molecule is C#CCSc1ncnc2c1cnn2-c1ccc(F)cc1. The molecule has 0 saturated heterocycles. The van der Waals surface area contributed by atoms with E-state index in [2.05, 4.69) is 21.0 Å². The Morgan fingerprint density at radius 3 is 2.80 bits per heavy atom. The first kappa shape index (κ1) is 12.6. The van der Waals surface area contributed by atoms with Crippen LogP contribution in [0.1, 0.15) is 0 Å². The predicted octanol–water partition coefficient (Wildman–Crippen LogP) is 2.68. The summed E-state index contributed by atoms with van der Waals surface area (Å²) in [6, 6.07) is 6.08. The standard InChI is InChI=1S/C14H9FN4S/c1-2-7-20-14-12-8-18-19(13(12)16-9-17-14)11-5-3-10(15)4-6-11/h1,3-6,8-9H,7H2. The highest BCUT2D eigenvalue weighted by atomic mass is 32.2. The lowest BCUT2D eigenvalue weighted by molar-refractivity contribution is 0.627. The third-order valence-electron chi connectivity index (χ3n) is 2.69. The summed E-state index contributed by atoms with van der Waals surface area (Å²) in [4.78, 5) is 8.45. The topological polar surface area (TPSA) is 43.6 Å². The fourth-order valence-corrected chi connectivity index (χ4v) is 2.46. The van der Waals surface area contributed by atoms with Crippen molar-refractivity contribution >= 4 is 22.8 Å². The zero-order valence-electron chi connectivity index (χ0n) is 10.3. The summed E-state index contributed by atoms with van der Waals surface area (Å²) in [5.41, 5.74) is 1.42. The van der Waals surface area contributed by atoms with Gasteiger partial charge in [-0.1, -0.05) is 17.7 Å². The Morgan fingerprint density at radius 1 is 1.25 bits per heavy atom. The van der Waals surface area contributed by atoms with Gasteiger partial charge in [-0.05, 0) is 24.3 Å². The van der Waals surface area contributed by atoms with Gasteiger partial charge in [-0.25, -0.2) is 19.0 Å². The Bertz CT molecular complexity index is 789. The molecule has 0 atom stereocenters. The van der Waals surface area contributed by atoms with Crippen LogP contribution >= 0.6 is 11.8 Å². The molecule has 3 rings (SSSR count). The zero-order chi connectivity index (χ0) is 13.9. The summed E-state index contributed by atoms with van der Waals surface area (Å²) >= 11 is 1.46. The number of halogens is 1. The van der Waals surface area contributed by atoms with Crippen molar-refractivity contribution in [3.05, 3.63) is 42.6 Å². The van der Waals surface area contributed by atoms with Crippen LogP contribution in [-0.4, -0.2) is 25.5 Å². The Kier molecular flexibility index (Phi) is 3.35. The van der Waals surface area contributed by atoms with E-state index in [0.29, 0.717) is 11.4 Å². The Morgan fingerprint density at radius 2 is 2.05 bits per heavy atom. The average molecular weight is 284 g/mol. The minimum Gasteiger partial charge on any atom is -0.229 e. The van der Waals surface area contributed by atoms with Crippen LogP contribution in [0.3, 0.4) is 0 Å². The van der Waals surface area contributed by atoms with Gasteiger partial charge in [0.2, 0.25) is 0 Å². The number of rotatable bonds is 3. The largest absolute Gasteiger partial charge is 0.229 e. The van der Waals surface area contributed by atoms with Gasteiger partial charge in [-0.3, -0.25) is 0 Å². The first-order chi connectivity index (χ1) is 9.79. The molecule has 0 amide bonds. The number of hydrogen-bond acceptors (Lipinski definition) is 4. The van der Waals surface area contributed by atoms with Gasteiger partial charge in [0.1, 0.15) is 17.2 Å².